The highest BCUT2D eigenvalue weighted by molar-refractivity contribution is 6.33. The van der Waals surface area contributed by atoms with Crippen molar-refractivity contribution >= 4 is 28.7 Å². The smallest absolute Gasteiger partial charge is 0.197 e. The zero-order valence-corrected chi connectivity index (χ0v) is 10.7. The van der Waals surface area contributed by atoms with Crippen molar-refractivity contribution in [3.8, 4) is 17.3 Å². The molecule has 0 saturated heterocycles. The van der Waals surface area contributed by atoms with Gasteiger partial charge in [-0.15, -0.1) is 0 Å². The van der Waals surface area contributed by atoms with E-state index in [-0.39, 0.29) is 5.88 Å². The molecule has 0 aliphatic carbocycles. The Morgan fingerprint density at radius 3 is 2.44 bits per heavy atom. The Morgan fingerprint density at radius 2 is 1.72 bits per heavy atom. The number of hydrogen-bond donors (Lipinski definition) is 1. The normalized spacial score (nSPS) is 11.0. The van der Waals surface area contributed by atoms with Crippen molar-refractivity contribution < 1.29 is 5.11 Å². The maximum Gasteiger partial charge on any atom is 0.197 e. The molecule has 5 heteroatoms. The number of nitrogens with zero attached hydrogens (tertiary/aromatic N) is 2. The number of fused-ring (bicyclic) bond motifs is 1. The Morgan fingerprint density at radius 1 is 1.00 bits per heavy atom. The predicted molar refractivity (Wildman–Crippen MR) is 72.3 cm³/mol. The quantitative estimate of drug-likeness (QED) is 0.730. The second kappa shape index (κ2) is 4.19. The van der Waals surface area contributed by atoms with Gasteiger partial charge in [-0.25, -0.2) is 4.98 Å². The first kappa shape index (κ1) is 11.4. The van der Waals surface area contributed by atoms with E-state index in [2.05, 4.69) is 4.98 Å². The molecule has 0 saturated carbocycles. The summed E-state index contributed by atoms with van der Waals surface area (Å²) in [6.45, 7) is 0. The van der Waals surface area contributed by atoms with Crippen LogP contribution in [0.2, 0.25) is 10.2 Å². The maximum atomic E-state index is 9.92. The number of hydrogen-bond acceptors (Lipinski definition) is 2. The lowest BCUT2D eigenvalue weighted by Crippen LogP contribution is -1.89. The molecule has 3 rings (SSSR count). The molecule has 2 aromatic heterocycles. The van der Waals surface area contributed by atoms with Gasteiger partial charge < -0.3 is 5.11 Å². The predicted octanol–water partition coefficient (Wildman–Crippen LogP) is 4.01. The van der Waals surface area contributed by atoms with Crippen LogP contribution in [0.4, 0.5) is 0 Å². The third kappa shape index (κ3) is 1.72. The lowest BCUT2D eigenvalue weighted by atomic mass is 10.2. The number of rotatable bonds is 1. The molecule has 3 nitrogen and oxygen atoms in total. The van der Waals surface area contributed by atoms with Crippen LogP contribution < -0.4 is 0 Å². The van der Waals surface area contributed by atoms with Crippen LogP contribution in [0, 0.1) is 0 Å². The summed E-state index contributed by atoms with van der Waals surface area (Å²) in [7, 11) is 0. The van der Waals surface area contributed by atoms with Crippen LogP contribution in [-0.4, -0.2) is 14.5 Å². The van der Waals surface area contributed by atoms with Gasteiger partial charge in [-0.1, -0.05) is 29.3 Å². The highest BCUT2D eigenvalue weighted by atomic mass is 35.5. The van der Waals surface area contributed by atoms with Crippen LogP contribution in [0.15, 0.2) is 42.5 Å². The molecule has 3 aromatic rings. The molecular formula is C13H8Cl2N2O. The topological polar surface area (TPSA) is 37.5 Å². The summed E-state index contributed by atoms with van der Waals surface area (Å²) in [5.41, 5.74) is 1.50. The number of pyridine rings is 1. The first-order valence-electron chi connectivity index (χ1n) is 5.28. The molecule has 0 aliphatic heterocycles. The molecule has 1 aromatic carbocycles. The lowest BCUT2D eigenvalue weighted by molar-refractivity contribution is 0.447. The van der Waals surface area contributed by atoms with E-state index in [9.17, 15) is 5.11 Å². The average molecular weight is 279 g/mol. The molecule has 18 heavy (non-hydrogen) atoms. The highest BCUT2D eigenvalue weighted by Crippen LogP contribution is 2.29. The lowest BCUT2D eigenvalue weighted by Gasteiger charge is -2.03. The fourth-order valence-electron chi connectivity index (χ4n) is 1.87. The number of halogens is 2. The molecule has 1 N–H and O–H groups in total. The molecule has 0 bridgehead atoms. The van der Waals surface area contributed by atoms with Crippen LogP contribution in [0.25, 0.3) is 16.9 Å². The van der Waals surface area contributed by atoms with Gasteiger partial charge in [0.25, 0.3) is 0 Å². The molecule has 0 atom stereocenters. The van der Waals surface area contributed by atoms with E-state index in [4.69, 9.17) is 23.2 Å². The van der Waals surface area contributed by atoms with Gasteiger partial charge in [0.1, 0.15) is 5.82 Å². The first-order chi connectivity index (χ1) is 8.66. The molecule has 0 amide bonds. The van der Waals surface area contributed by atoms with Crippen molar-refractivity contribution in [1.82, 2.24) is 9.38 Å². The fraction of sp³-hybridized carbons (Fsp3) is 0. The van der Waals surface area contributed by atoms with Gasteiger partial charge in [-0.3, -0.25) is 4.40 Å². The highest BCUT2D eigenvalue weighted by Gasteiger charge is 2.13. The van der Waals surface area contributed by atoms with Gasteiger partial charge >= 0.3 is 0 Å². The van der Waals surface area contributed by atoms with Crippen molar-refractivity contribution in [2.75, 3.05) is 0 Å². The Bertz CT molecular complexity index is 720. The van der Waals surface area contributed by atoms with E-state index in [1.807, 2.05) is 12.1 Å². The molecule has 0 aliphatic rings. The fourth-order valence-corrected chi connectivity index (χ4v) is 2.23. The minimum Gasteiger partial charge on any atom is -0.494 e. The van der Waals surface area contributed by atoms with Gasteiger partial charge in [-0.05, 0) is 36.4 Å². The summed E-state index contributed by atoms with van der Waals surface area (Å²) in [6.07, 6.45) is 0. The molecule has 0 unspecified atom stereocenters. The third-order valence-electron chi connectivity index (χ3n) is 2.70. The number of aromatic nitrogens is 2. The third-order valence-corrected chi connectivity index (χ3v) is 3.23. The Kier molecular flexibility index (Phi) is 2.65. The first-order valence-corrected chi connectivity index (χ1v) is 6.04. The SMILES string of the molecule is Oc1cccc2c(Cl)nc(-c3ccc(Cl)cc3)n12. The second-order valence-corrected chi connectivity index (χ2v) is 4.63. The van der Waals surface area contributed by atoms with Crippen LogP contribution in [-0.2, 0) is 0 Å². The summed E-state index contributed by atoms with van der Waals surface area (Å²) in [5.74, 6) is 0.682. The summed E-state index contributed by atoms with van der Waals surface area (Å²) in [5, 5.41) is 10.9. The molecule has 0 spiro atoms. The monoisotopic (exact) mass is 278 g/mol. The Hall–Kier alpha value is -1.71. The minimum atomic E-state index is 0.0943. The molecule has 90 valence electrons. The van der Waals surface area contributed by atoms with Crippen molar-refractivity contribution in [2.24, 2.45) is 0 Å². The van der Waals surface area contributed by atoms with Crippen molar-refractivity contribution in [1.29, 1.82) is 0 Å². The summed E-state index contributed by atoms with van der Waals surface area (Å²) < 4.78 is 1.60. The molecule has 0 fully saturated rings. The Balaban J connectivity index is 2.32. The second-order valence-electron chi connectivity index (χ2n) is 3.84. The van der Waals surface area contributed by atoms with E-state index in [1.165, 1.54) is 0 Å². The van der Waals surface area contributed by atoms with Crippen LogP contribution in [0.5, 0.6) is 5.88 Å². The minimum absolute atomic E-state index is 0.0943. The van der Waals surface area contributed by atoms with E-state index in [1.54, 1.807) is 34.7 Å². The summed E-state index contributed by atoms with van der Waals surface area (Å²) in [4.78, 5) is 4.28. The van der Waals surface area contributed by atoms with Gasteiger partial charge in [0, 0.05) is 10.6 Å². The van der Waals surface area contributed by atoms with Gasteiger partial charge in [0.2, 0.25) is 0 Å². The van der Waals surface area contributed by atoms with Gasteiger partial charge in [0.15, 0.2) is 11.0 Å². The van der Waals surface area contributed by atoms with E-state index in [0.29, 0.717) is 21.5 Å². The van der Waals surface area contributed by atoms with Crippen molar-refractivity contribution in [2.45, 2.75) is 0 Å². The maximum absolute atomic E-state index is 9.92. The van der Waals surface area contributed by atoms with Crippen molar-refractivity contribution in [3.63, 3.8) is 0 Å². The van der Waals surface area contributed by atoms with Crippen LogP contribution in [0.3, 0.4) is 0 Å². The van der Waals surface area contributed by atoms with Gasteiger partial charge in [-0.2, -0.15) is 0 Å². The van der Waals surface area contributed by atoms with Crippen molar-refractivity contribution in [3.05, 3.63) is 52.6 Å². The number of imidazole rings is 1. The Labute approximate surface area is 113 Å². The average Bonchev–Trinajstić information content (AvgIpc) is 2.70. The van der Waals surface area contributed by atoms with Crippen LogP contribution in [0.1, 0.15) is 0 Å². The zero-order valence-electron chi connectivity index (χ0n) is 9.14. The van der Waals surface area contributed by atoms with Crippen LogP contribution >= 0.6 is 23.2 Å². The van der Waals surface area contributed by atoms with E-state index >= 15 is 0 Å². The summed E-state index contributed by atoms with van der Waals surface area (Å²) >= 11 is 11.9. The molecular weight excluding hydrogens is 271 g/mol. The number of benzene rings is 1. The standard InChI is InChI=1S/C13H8Cl2N2O/c14-9-6-4-8(5-7-9)13-16-12(15)10-2-1-3-11(18)17(10)13/h1-7,18H. The number of aromatic hydroxyl groups is 1. The molecule has 0 radical (unpaired) electrons. The largest absolute Gasteiger partial charge is 0.494 e. The van der Waals surface area contributed by atoms with E-state index < -0.39 is 0 Å². The van der Waals surface area contributed by atoms with Gasteiger partial charge in [0.05, 0.1) is 5.52 Å². The van der Waals surface area contributed by atoms with E-state index in [0.717, 1.165) is 5.56 Å². The summed E-state index contributed by atoms with van der Waals surface area (Å²) in [6, 6.07) is 12.3. The zero-order chi connectivity index (χ0) is 12.7. The molecule has 2 heterocycles.